The number of benzene rings is 10. The second kappa shape index (κ2) is 14.0. The van der Waals surface area contributed by atoms with Crippen molar-refractivity contribution in [3.05, 3.63) is 207 Å². The van der Waals surface area contributed by atoms with E-state index in [2.05, 4.69) is 207 Å². The van der Waals surface area contributed by atoms with Gasteiger partial charge in [0.05, 0.1) is 0 Å². The summed E-state index contributed by atoms with van der Waals surface area (Å²) in [5.74, 6) is 0. The van der Waals surface area contributed by atoms with Crippen LogP contribution in [0.2, 0.25) is 0 Å². The molecule has 2 heteroatoms. The van der Waals surface area contributed by atoms with Gasteiger partial charge in [0, 0.05) is 45.9 Å². The zero-order valence-corrected chi connectivity index (χ0v) is 33.3. The highest BCUT2D eigenvalue weighted by atomic mass is 32.1. The molecular weight excluding hydrogens is 737 g/mol. The van der Waals surface area contributed by atoms with E-state index in [1.807, 2.05) is 22.7 Å². The molecule has 0 aliphatic rings. The predicted molar refractivity (Wildman–Crippen MR) is 258 cm³/mol. The lowest BCUT2D eigenvalue weighted by atomic mass is 9.83. The summed E-state index contributed by atoms with van der Waals surface area (Å²) in [6.45, 7) is 6.00. The molecule has 0 nitrogen and oxygen atoms in total. The van der Waals surface area contributed by atoms with Crippen LogP contribution in [0.25, 0.3) is 117 Å². The molecule has 0 aliphatic heterocycles. The maximum atomic E-state index is 3.00. The minimum atomic E-state index is 1.23. The van der Waals surface area contributed by atoms with E-state index in [1.54, 1.807) is 0 Å². The largest absolute Gasteiger partial charge is 0.135 e. The van der Waals surface area contributed by atoms with E-state index in [0.29, 0.717) is 0 Å². The van der Waals surface area contributed by atoms with Crippen molar-refractivity contribution >= 4 is 95.3 Å². The van der Waals surface area contributed by atoms with E-state index in [1.165, 1.54) is 117 Å². The Balaban J connectivity index is 0.00000190. The summed E-state index contributed by atoms with van der Waals surface area (Å²) in [6, 6.07) is 72.1. The second-order valence-electron chi connectivity index (χ2n) is 14.7. The molecule has 2 heterocycles. The fraction of sp³-hybridized carbons (Fsp3) is 0. The van der Waals surface area contributed by atoms with Crippen molar-refractivity contribution in [2.75, 3.05) is 0 Å². The maximum Gasteiger partial charge on any atom is 0.0434 e. The van der Waals surface area contributed by atoms with E-state index in [-0.39, 0.29) is 0 Å². The van der Waals surface area contributed by atoms with Crippen LogP contribution in [0.3, 0.4) is 0 Å². The number of fused-ring (bicyclic) bond motifs is 9. The van der Waals surface area contributed by atoms with Crippen LogP contribution in [-0.2, 0) is 0 Å². The molecular formula is C56H36S2. The molecule has 0 amide bonds. The first-order chi connectivity index (χ1) is 28.8. The fourth-order valence-corrected chi connectivity index (χ4v) is 11.7. The Morgan fingerprint density at radius 2 is 0.621 bits per heavy atom. The fourth-order valence-electron chi connectivity index (χ4n) is 9.23. The number of thiophene rings is 2. The quantitative estimate of drug-likeness (QED) is 0.123. The molecule has 58 heavy (non-hydrogen) atoms. The molecule has 10 aromatic carbocycles. The van der Waals surface area contributed by atoms with Crippen LogP contribution in [-0.4, -0.2) is 0 Å². The Morgan fingerprint density at radius 1 is 0.241 bits per heavy atom. The Labute approximate surface area is 345 Å². The molecule has 12 rings (SSSR count). The van der Waals surface area contributed by atoms with Crippen molar-refractivity contribution < 1.29 is 0 Å². The van der Waals surface area contributed by atoms with E-state index < -0.39 is 0 Å². The molecule has 0 fully saturated rings. The molecule has 0 aliphatic carbocycles. The highest BCUT2D eigenvalue weighted by molar-refractivity contribution is 7.26. The SMILES string of the molecule is C=C.c1ccc2c(c1)sc1c(-c3ccc(-c4c5ccccc5c(-c5ccc(-c6cccc7c6sc6ccccc67)c6ccccc56)c5ccccc45)cc3)cccc12. The minimum Gasteiger partial charge on any atom is -0.135 e. The Morgan fingerprint density at radius 3 is 1.17 bits per heavy atom. The summed E-state index contributed by atoms with van der Waals surface area (Å²) in [7, 11) is 0. The van der Waals surface area contributed by atoms with Crippen molar-refractivity contribution in [3.8, 4) is 44.5 Å². The van der Waals surface area contributed by atoms with Crippen molar-refractivity contribution in [1.82, 2.24) is 0 Å². The standard InChI is InChI=1S/C54H32S2.C2H4/c1-2-14-37-36(13-1)38(46-22-12-24-48-40-16-8-10-26-50(40)56-54(46)48)31-32-45(37)52-43-19-5-3-17-41(43)51(42-18-4-6-20-44(42)52)34-29-27-33(28-30-34)35-21-11-23-47-39-15-7-9-25-49(39)55-53(35)47;1-2/h1-32H;1-2H2. The van der Waals surface area contributed by atoms with Crippen LogP contribution in [0.15, 0.2) is 207 Å². The summed E-state index contributed by atoms with van der Waals surface area (Å²) in [6.07, 6.45) is 0. The van der Waals surface area contributed by atoms with Gasteiger partial charge in [-0.05, 0) is 83.4 Å². The van der Waals surface area contributed by atoms with Crippen molar-refractivity contribution in [2.24, 2.45) is 0 Å². The predicted octanol–water partition coefficient (Wildman–Crippen LogP) is 17.4. The van der Waals surface area contributed by atoms with Gasteiger partial charge < -0.3 is 0 Å². The lowest BCUT2D eigenvalue weighted by Crippen LogP contribution is -1.92. The number of rotatable bonds is 4. The Hall–Kier alpha value is -6.84. The topological polar surface area (TPSA) is 0 Å². The van der Waals surface area contributed by atoms with Gasteiger partial charge in [0.15, 0.2) is 0 Å². The smallest absolute Gasteiger partial charge is 0.0434 e. The van der Waals surface area contributed by atoms with Crippen LogP contribution < -0.4 is 0 Å². The normalized spacial score (nSPS) is 11.6. The third-order valence-electron chi connectivity index (χ3n) is 11.7. The van der Waals surface area contributed by atoms with Crippen LogP contribution in [0, 0.1) is 0 Å². The van der Waals surface area contributed by atoms with Gasteiger partial charge >= 0.3 is 0 Å². The Kier molecular flexibility index (Phi) is 8.29. The molecule has 0 saturated carbocycles. The second-order valence-corrected chi connectivity index (χ2v) is 16.8. The van der Waals surface area contributed by atoms with Gasteiger partial charge in [-0.15, -0.1) is 35.8 Å². The van der Waals surface area contributed by atoms with Crippen LogP contribution in [0.1, 0.15) is 0 Å². The van der Waals surface area contributed by atoms with Crippen molar-refractivity contribution in [2.45, 2.75) is 0 Å². The lowest BCUT2D eigenvalue weighted by molar-refractivity contribution is 1.64. The van der Waals surface area contributed by atoms with Crippen molar-refractivity contribution in [1.29, 1.82) is 0 Å². The summed E-state index contributed by atoms with van der Waals surface area (Å²) in [5.41, 5.74) is 10.2. The minimum absolute atomic E-state index is 1.23. The number of hydrogen-bond acceptors (Lipinski definition) is 2. The maximum absolute atomic E-state index is 3.00. The van der Waals surface area contributed by atoms with Crippen molar-refractivity contribution in [3.63, 3.8) is 0 Å². The van der Waals surface area contributed by atoms with E-state index in [9.17, 15) is 0 Å². The first-order valence-corrected chi connectivity index (χ1v) is 21.3. The van der Waals surface area contributed by atoms with Crippen LogP contribution in [0.5, 0.6) is 0 Å². The zero-order chi connectivity index (χ0) is 38.7. The van der Waals surface area contributed by atoms with Gasteiger partial charge in [-0.1, -0.05) is 182 Å². The summed E-state index contributed by atoms with van der Waals surface area (Å²) >= 11 is 3.79. The molecule has 0 unspecified atom stereocenters. The highest BCUT2D eigenvalue weighted by Crippen LogP contribution is 2.48. The summed E-state index contributed by atoms with van der Waals surface area (Å²) in [5, 5.41) is 12.9. The molecule has 0 radical (unpaired) electrons. The summed E-state index contributed by atoms with van der Waals surface area (Å²) in [4.78, 5) is 0. The third-order valence-corrected chi connectivity index (χ3v) is 14.1. The zero-order valence-electron chi connectivity index (χ0n) is 31.7. The first kappa shape index (κ1) is 34.4. The Bertz CT molecular complexity index is 3490. The molecule has 12 aromatic rings. The van der Waals surface area contributed by atoms with Gasteiger partial charge in [0.25, 0.3) is 0 Å². The summed E-state index contributed by atoms with van der Waals surface area (Å²) < 4.78 is 5.36. The van der Waals surface area contributed by atoms with Crippen LogP contribution in [0.4, 0.5) is 0 Å². The molecule has 0 N–H and O–H groups in total. The number of hydrogen-bond donors (Lipinski definition) is 0. The van der Waals surface area contributed by atoms with E-state index in [4.69, 9.17) is 0 Å². The average molecular weight is 773 g/mol. The van der Waals surface area contributed by atoms with E-state index >= 15 is 0 Å². The van der Waals surface area contributed by atoms with Gasteiger partial charge in [-0.3, -0.25) is 0 Å². The molecule has 0 bridgehead atoms. The van der Waals surface area contributed by atoms with Gasteiger partial charge in [0.1, 0.15) is 0 Å². The molecule has 0 spiro atoms. The van der Waals surface area contributed by atoms with Gasteiger partial charge in [-0.2, -0.15) is 0 Å². The average Bonchev–Trinajstić information content (AvgIpc) is 3.88. The monoisotopic (exact) mass is 772 g/mol. The molecule has 0 atom stereocenters. The highest BCUT2D eigenvalue weighted by Gasteiger charge is 2.20. The third kappa shape index (κ3) is 5.27. The molecule has 2 aromatic heterocycles. The lowest BCUT2D eigenvalue weighted by Gasteiger charge is -2.20. The van der Waals surface area contributed by atoms with Gasteiger partial charge in [0.2, 0.25) is 0 Å². The van der Waals surface area contributed by atoms with Gasteiger partial charge in [-0.25, -0.2) is 0 Å². The van der Waals surface area contributed by atoms with E-state index in [0.717, 1.165) is 0 Å². The first-order valence-electron chi connectivity index (χ1n) is 19.7. The molecule has 272 valence electrons. The molecule has 0 saturated heterocycles. The van der Waals surface area contributed by atoms with Crippen LogP contribution >= 0.6 is 22.7 Å².